The Morgan fingerprint density at radius 2 is 2.12 bits per heavy atom. The monoisotopic (exact) mass is 241 g/mol. The van der Waals surface area contributed by atoms with Gasteiger partial charge in [-0.25, -0.2) is 4.79 Å². The van der Waals surface area contributed by atoms with Gasteiger partial charge in [0.25, 0.3) is 0 Å². The van der Waals surface area contributed by atoms with Gasteiger partial charge in [-0.1, -0.05) is 17.7 Å². The molecule has 0 heterocycles. The second-order valence-corrected chi connectivity index (χ2v) is 3.45. The number of aliphatic carboxylic acids is 1. The van der Waals surface area contributed by atoms with Crippen LogP contribution in [0.1, 0.15) is 6.42 Å². The first kappa shape index (κ1) is 12.3. The molecule has 2 amide bonds. The zero-order chi connectivity index (χ0) is 12.0. The van der Waals surface area contributed by atoms with E-state index >= 15 is 0 Å². The normalized spacial score (nSPS) is 9.56. The Morgan fingerprint density at radius 1 is 1.38 bits per heavy atom. The minimum Gasteiger partial charge on any atom is -0.550 e. The van der Waals surface area contributed by atoms with Crippen molar-refractivity contribution in [3.05, 3.63) is 29.3 Å². The number of carbonyl (C=O) groups excluding carboxylic acids is 2. The van der Waals surface area contributed by atoms with Gasteiger partial charge in [-0.05, 0) is 18.2 Å². The van der Waals surface area contributed by atoms with Crippen molar-refractivity contribution in [2.75, 3.05) is 11.9 Å². The Kier molecular flexibility index (Phi) is 4.60. The van der Waals surface area contributed by atoms with E-state index < -0.39 is 12.0 Å². The lowest BCUT2D eigenvalue weighted by Crippen LogP contribution is -2.33. The number of hydrogen-bond acceptors (Lipinski definition) is 3. The molecule has 0 bridgehead atoms. The van der Waals surface area contributed by atoms with E-state index in [2.05, 4.69) is 10.6 Å². The maximum absolute atomic E-state index is 11.2. The van der Waals surface area contributed by atoms with Crippen LogP contribution in [0.3, 0.4) is 0 Å². The quantitative estimate of drug-likeness (QED) is 0.810. The largest absolute Gasteiger partial charge is 0.550 e. The van der Waals surface area contributed by atoms with Crippen molar-refractivity contribution in [2.45, 2.75) is 6.42 Å². The molecule has 16 heavy (non-hydrogen) atoms. The summed E-state index contributed by atoms with van der Waals surface area (Å²) in [5.41, 5.74) is 0.540. The highest BCUT2D eigenvalue weighted by Crippen LogP contribution is 2.14. The standard InChI is InChI=1S/C10H11ClN2O3/c11-7-2-1-3-8(6-7)13-10(16)12-5-4-9(14)15/h1-3,6H,4-5H2,(H,14,15)(H2,12,13,16)/p-1. The molecular weight excluding hydrogens is 232 g/mol. The van der Waals surface area contributed by atoms with Gasteiger partial charge in [0.2, 0.25) is 0 Å². The van der Waals surface area contributed by atoms with Crippen molar-refractivity contribution in [3.63, 3.8) is 0 Å². The van der Waals surface area contributed by atoms with E-state index in [1.54, 1.807) is 24.3 Å². The van der Waals surface area contributed by atoms with Crippen LogP contribution in [0.2, 0.25) is 5.02 Å². The number of nitrogens with one attached hydrogen (secondary N) is 2. The summed E-state index contributed by atoms with van der Waals surface area (Å²) in [6, 6.07) is 6.15. The summed E-state index contributed by atoms with van der Waals surface area (Å²) in [6.07, 6.45) is -0.219. The minimum absolute atomic E-state index is 0.0226. The van der Waals surface area contributed by atoms with Crippen LogP contribution < -0.4 is 15.7 Å². The van der Waals surface area contributed by atoms with Crippen LogP contribution in [-0.4, -0.2) is 18.5 Å². The lowest BCUT2D eigenvalue weighted by molar-refractivity contribution is -0.305. The topological polar surface area (TPSA) is 81.3 Å². The van der Waals surface area contributed by atoms with E-state index in [0.717, 1.165) is 0 Å². The predicted octanol–water partition coefficient (Wildman–Crippen LogP) is 0.601. The molecule has 0 spiro atoms. The van der Waals surface area contributed by atoms with Crippen LogP contribution >= 0.6 is 11.6 Å². The van der Waals surface area contributed by atoms with Crippen LogP contribution in [-0.2, 0) is 4.79 Å². The smallest absolute Gasteiger partial charge is 0.319 e. The first-order chi connectivity index (χ1) is 7.58. The van der Waals surface area contributed by atoms with Gasteiger partial charge in [0.05, 0.1) is 0 Å². The van der Waals surface area contributed by atoms with E-state index in [9.17, 15) is 14.7 Å². The Hall–Kier alpha value is -1.75. The zero-order valence-electron chi connectivity index (χ0n) is 8.33. The Morgan fingerprint density at radius 3 is 2.75 bits per heavy atom. The van der Waals surface area contributed by atoms with Crippen LogP contribution in [0, 0.1) is 0 Å². The van der Waals surface area contributed by atoms with E-state index in [1.807, 2.05) is 0 Å². The molecule has 1 rings (SSSR count). The SMILES string of the molecule is O=C([O-])CCNC(=O)Nc1cccc(Cl)c1. The Balaban J connectivity index is 2.37. The number of urea groups is 1. The number of benzene rings is 1. The molecule has 2 N–H and O–H groups in total. The van der Waals surface area contributed by atoms with Crippen molar-refractivity contribution < 1.29 is 14.7 Å². The summed E-state index contributed by atoms with van der Waals surface area (Å²) in [4.78, 5) is 21.3. The molecule has 0 saturated heterocycles. The highest BCUT2D eigenvalue weighted by molar-refractivity contribution is 6.30. The van der Waals surface area contributed by atoms with Crippen molar-refractivity contribution in [1.29, 1.82) is 0 Å². The third-order valence-electron chi connectivity index (χ3n) is 1.70. The van der Waals surface area contributed by atoms with Gasteiger partial charge in [0, 0.05) is 29.6 Å². The highest BCUT2D eigenvalue weighted by Gasteiger charge is 2.00. The molecule has 6 heteroatoms. The molecule has 5 nitrogen and oxygen atoms in total. The van der Waals surface area contributed by atoms with Gasteiger partial charge >= 0.3 is 6.03 Å². The lowest BCUT2D eigenvalue weighted by Gasteiger charge is -2.07. The number of halogens is 1. The van der Waals surface area contributed by atoms with Crippen LogP contribution in [0.15, 0.2) is 24.3 Å². The molecule has 0 aliphatic carbocycles. The summed E-state index contributed by atoms with van der Waals surface area (Å²) >= 11 is 5.72. The number of carboxylic acids is 1. The van der Waals surface area contributed by atoms with Crippen LogP contribution in [0.4, 0.5) is 10.5 Å². The van der Waals surface area contributed by atoms with E-state index in [0.29, 0.717) is 10.7 Å². The molecule has 1 aromatic rings. The molecule has 0 aromatic heterocycles. The van der Waals surface area contributed by atoms with Gasteiger partial charge in [0.15, 0.2) is 0 Å². The molecule has 86 valence electrons. The maximum atomic E-state index is 11.2. The molecule has 0 atom stereocenters. The number of amides is 2. The lowest BCUT2D eigenvalue weighted by atomic mass is 10.3. The van der Waals surface area contributed by atoms with Gasteiger partial charge in [-0.15, -0.1) is 0 Å². The fourth-order valence-electron chi connectivity index (χ4n) is 1.02. The summed E-state index contributed by atoms with van der Waals surface area (Å²) in [6.45, 7) is 0.0226. The number of rotatable bonds is 4. The van der Waals surface area contributed by atoms with Gasteiger partial charge in [0.1, 0.15) is 0 Å². The van der Waals surface area contributed by atoms with Gasteiger partial charge in [-0.2, -0.15) is 0 Å². The predicted molar refractivity (Wildman–Crippen MR) is 58.1 cm³/mol. The average Bonchev–Trinajstić information content (AvgIpc) is 2.16. The first-order valence-corrected chi connectivity index (χ1v) is 4.96. The van der Waals surface area contributed by atoms with Crippen molar-refractivity contribution in [1.82, 2.24) is 5.32 Å². The van der Waals surface area contributed by atoms with Crippen molar-refractivity contribution >= 4 is 29.3 Å². The molecule has 0 unspecified atom stereocenters. The third-order valence-corrected chi connectivity index (χ3v) is 1.93. The average molecular weight is 242 g/mol. The highest BCUT2D eigenvalue weighted by atomic mass is 35.5. The second-order valence-electron chi connectivity index (χ2n) is 3.01. The van der Waals surface area contributed by atoms with Crippen molar-refractivity contribution in [3.8, 4) is 0 Å². The molecule has 0 radical (unpaired) electrons. The summed E-state index contributed by atoms with van der Waals surface area (Å²) in [5.74, 6) is -1.21. The maximum Gasteiger partial charge on any atom is 0.319 e. The van der Waals surface area contributed by atoms with Crippen LogP contribution in [0.25, 0.3) is 0 Å². The molecule has 0 saturated carbocycles. The fraction of sp³-hybridized carbons (Fsp3) is 0.200. The van der Waals surface area contributed by atoms with Crippen molar-refractivity contribution in [2.24, 2.45) is 0 Å². The van der Waals surface area contributed by atoms with E-state index in [-0.39, 0.29) is 13.0 Å². The minimum atomic E-state index is -1.21. The van der Waals surface area contributed by atoms with Crippen LogP contribution in [0.5, 0.6) is 0 Å². The van der Waals surface area contributed by atoms with Gasteiger partial charge < -0.3 is 20.5 Å². The number of carboxylic acid groups (broad SMARTS) is 1. The van der Waals surface area contributed by atoms with E-state index in [1.165, 1.54) is 0 Å². The summed E-state index contributed by atoms with van der Waals surface area (Å²) in [7, 11) is 0. The van der Waals surface area contributed by atoms with Gasteiger partial charge in [-0.3, -0.25) is 0 Å². The third kappa shape index (κ3) is 4.65. The zero-order valence-corrected chi connectivity index (χ0v) is 9.08. The molecule has 0 aliphatic heterocycles. The summed E-state index contributed by atoms with van der Waals surface area (Å²) in [5, 5.41) is 15.5. The second kappa shape index (κ2) is 5.97. The molecule has 0 fully saturated rings. The molecular formula is C10H10ClN2O3-. The number of hydrogen-bond donors (Lipinski definition) is 2. The Labute approximate surface area is 97.4 Å². The molecule has 0 aliphatic rings. The first-order valence-electron chi connectivity index (χ1n) is 4.58. The van der Waals surface area contributed by atoms with E-state index in [4.69, 9.17) is 11.6 Å². The number of carbonyl (C=O) groups is 2. The molecule has 1 aromatic carbocycles. The number of anilines is 1. The summed E-state index contributed by atoms with van der Waals surface area (Å²) < 4.78 is 0. The Bertz CT molecular complexity index is 395. The fourth-order valence-corrected chi connectivity index (χ4v) is 1.21.